The Morgan fingerprint density at radius 3 is 2.79 bits per heavy atom. The Morgan fingerprint density at radius 1 is 1.21 bits per heavy atom. The number of rotatable bonds is 6. The average Bonchev–Trinajstić information content (AvgIpc) is 3.08. The minimum Gasteiger partial charge on any atom is -0.386 e. The van der Waals surface area contributed by atoms with Crippen LogP contribution >= 0.6 is 15.9 Å². The summed E-state index contributed by atoms with van der Waals surface area (Å²) in [6.07, 6.45) is 2.68. The van der Waals surface area contributed by atoms with E-state index in [1.807, 2.05) is 36.4 Å². The van der Waals surface area contributed by atoms with Crippen LogP contribution in [-0.4, -0.2) is 16.4 Å². The largest absolute Gasteiger partial charge is 0.386 e. The molecule has 0 saturated heterocycles. The van der Waals surface area contributed by atoms with Crippen molar-refractivity contribution in [3.63, 3.8) is 0 Å². The van der Waals surface area contributed by atoms with E-state index in [1.54, 1.807) is 6.21 Å². The molecule has 0 amide bonds. The van der Waals surface area contributed by atoms with Crippen LogP contribution in [-0.2, 0) is 17.9 Å². The van der Waals surface area contributed by atoms with Crippen LogP contribution in [0, 0.1) is 0 Å². The molecule has 0 saturated carbocycles. The summed E-state index contributed by atoms with van der Waals surface area (Å²) in [5, 5.41) is 7.87. The second-order valence-electron chi connectivity index (χ2n) is 5.13. The van der Waals surface area contributed by atoms with Crippen LogP contribution < -0.4 is 0 Å². The standard InChI is InChI=1S/C18H16BrN3O2/c1-2-13-6-8-14(9-7-13)11-20-23-12-17-21-18(22-24-17)15-4-3-5-16(19)10-15/h3-11H,2,12H2,1H3/b20-11-. The molecule has 122 valence electrons. The molecule has 0 atom stereocenters. The summed E-state index contributed by atoms with van der Waals surface area (Å²) >= 11 is 3.42. The van der Waals surface area contributed by atoms with Gasteiger partial charge in [0.1, 0.15) is 0 Å². The minimum atomic E-state index is 0.130. The van der Waals surface area contributed by atoms with Crippen molar-refractivity contribution >= 4 is 22.1 Å². The van der Waals surface area contributed by atoms with Gasteiger partial charge in [-0.2, -0.15) is 4.98 Å². The molecule has 5 nitrogen and oxygen atoms in total. The quantitative estimate of drug-likeness (QED) is 0.459. The zero-order valence-corrected chi connectivity index (χ0v) is 14.7. The normalized spacial score (nSPS) is 11.1. The van der Waals surface area contributed by atoms with Gasteiger partial charge in [-0.1, -0.05) is 69.6 Å². The van der Waals surface area contributed by atoms with E-state index < -0.39 is 0 Å². The first-order valence-corrected chi connectivity index (χ1v) is 8.36. The third-order valence-corrected chi connectivity index (χ3v) is 3.90. The number of aryl methyl sites for hydroxylation is 1. The smallest absolute Gasteiger partial charge is 0.267 e. The Balaban J connectivity index is 1.56. The van der Waals surface area contributed by atoms with Crippen molar-refractivity contribution in [1.29, 1.82) is 0 Å². The van der Waals surface area contributed by atoms with E-state index in [2.05, 4.69) is 50.3 Å². The number of benzene rings is 2. The second-order valence-corrected chi connectivity index (χ2v) is 6.04. The molecular weight excluding hydrogens is 370 g/mol. The molecule has 2 aromatic carbocycles. The zero-order chi connectivity index (χ0) is 16.8. The van der Waals surface area contributed by atoms with E-state index in [4.69, 9.17) is 9.36 Å². The van der Waals surface area contributed by atoms with Crippen molar-refractivity contribution in [2.75, 3.05) is 0 Å². The van der Waals surface area contributed by atoms with Crippen LogP contribution in [0.15, 0.2) is 62.7 Å². The van der Waals surface area contributed by atoms with Crippen molar-refractivity contribution in [3.8, 4) is 11.4 Å². The Bertz CT molecular complexity index is 828. The van der Waals surface area contributed by atoms with Gasteiger partial charge in [-0.15, -0.1) is 0 Å². The number of hydrogen-bond donors (Lipinski definition) is 0. The molecule has 0 radical (unpaired) electrons. The maximum absolute atomic E-state index is 5.22. The van der Waals surface area contributed by atoms with Gasteiger partial charge < -0.3 is 9.36 Å². The molecule has 0 aliphatic rings. The van der Waals surface area contributed by atoms with E-state index in [-0.39, 0.29) is 6.61 Å². The van der Waals surface area contributed by atoms with E-state index in [0.29, 0.717) is 11.7 Å². The maximum Gasteiger partial charge on any atom is 0.267 e. The van der Waals surface area contributed by atoms with Crippen LogP contribution in [0.1, 0.15) is 23.9 Å². The van der Waals surface area contributed by atoms with Crippen molar-refractivity contribution in [3.05, 3.63) is 70.0 Å². The highest BCUT2D eigenvalue weighted by Crippen LogP contribution is 2.20. The first kappa shape index (κ1) is 16.4. The number of oxime groups is 1. The first-order valence-electron chi connectivity index (χ1n) is 7.57. The predicted octanol–water partition coefficient (Wildman–Crippen LogP) is 4.61. The maximum atomic E-state index is 5.22. The van der Waals surface area contributed by atoms with Crippen LogP contribution in [0.2, 0.25) is 0 Å². The fourth-order valence-corrected chi connectivity index (χ4v) is 2.49. The monoisotopic (exact) mass is 385 g/mol. The second kappa shape index (κ2) is 7.88. The Morgan fingerprint density at radius 2 is 2.04 bits per heavy atom. The molecule has 3 aromatic rings. The molecule has 0 aliphatic heterocycles. The molecule has 1 heterocycles. The Labute approximate surface area is 148 Å². The van der Waals surface area contributed by atoms with Crippen molar-refractivity contribution in [2.24, 2.45) is 5.16 Å². The highest BCUT2D eigenvalue weighted by Gasteiger charge is 2.09. The van der Waals surface area contributed by atoms with Gasteiger partial charge in [0.05, 0.1) is 6.21 Å². The third-order valence-electron chi connectivity index (χ3n) is 3.40. The van der Waals surface area contributed by atoms with Gasteiger partial charge in [0, 0.05) is 10.0 Å². The first-order chi connectivity index (χ1) is 11.7. The van der Waals surface area contributed by atoms with E-state index in [9.17, 15) is 0 Å². The van der Waals surface area contributed by atoms with Gasteiger partial charge in [-0.25, -0.2) is 0 Å². The topological polar surface area (TPSA) is 60.5 Å². The molecule has 0 N–H and O–H groups in total. The lowest BCUT2D eigenvalue weighted by Gasteiger charge is -1.97. The number of nitrogens with zero attached hydrogens (tertiary/aromatic N) is 3. The predicted molar refractivity (Wildman–Crippen MR) is 95.6 cm³/mol. The van der Waals surface area contributed by atoms with Crippen LogP contribution in [0.4, 0.5) is 0 Å². The van der Waals surface area contributed by atoms with E-state index >= 15 is 0 Å². The minimum absolute atomic E-state index is 0.130. The molecule has 24 heavy (non-hydrogen) atoms. The molecule has 0 bridgehead atoms. The van der Waals surface area contributed by atoms with Gasteiger partial charge in [-0.05, 0) is 29.7 Å². The summed E-state index contributed by atoms with van der Waals surface area (Å²) in [6.45, 7) is 2.25. The molecule has 3 rings (SSSR count). The zero-order valence-electron chi connectivity index (χ0n) is 13.1. The fourth-order valence-electron chi connectivity index (χ4n) is 2.09. The van der Waals surface area contributed by atoms with Gasteiger partial charge >= 0.3 is 0 Å². The molecule has 6 heteroatoms. The van der Waals surface area contributed by atoms with Crippen LogP contribution in [0.5, 0.6) is 0 Å². The summed E-state index contributed by atoms with van der Waals surface area (Å²) in [5.74, 6) is 0.900. The molecule has 0 spiro atoms. The Hall–Kier alpha value is -2.47. The molecule has 1 aromatic heterocycles. The Kier molecular flexibility index (Phi) is 5.38. The van der Waals surface area contributed by atoms with Gasteiger partial charge in [0.15, 0.2) is 6.61 Å². The third kappa shape index (κ3) is 4.29. The molecule has 0 aliphatic carbocycles. The fraction of sp³-hybridized carbons (Fsp3) is 0.167. The van der Waals surface area contributed by atoms with Crippen molar-refractivity contribution in [2.45, 2.75) is 20.0 Å². The van der Waals surface area contributed by atoms with Gasteiger partial charge in [0.2, 0.25) is 5.82 Å². The van der Waals surface area contributed by atoms with Crippen LogP contribution in [0.25, 0.3) is 11.4 Å². The summed E-state index contributed by atoms with van der Waals surface area (Å²) in [5.41, 5.74) is 3.14. The average molecular weight is 386 g/mol. The molecule has 0 fully saturated rings. The van der Waals surface area contributed by atoms with Crippen LogP contribution in [0.3, 0.4) is 0 Å². The van der Waals surface area contributed by atoms with E-state index in [0.717, 1.165) is 22.0 Å². The SMILES string of the molecule is CCc1ccc(/C=N\OCc2nc(-c3cccc(Br)c3)no2)cc1. The summed E-state index contributed by atoms with van der Waals surface area (Å²) < 4.78 is 6.13. The summed E-state index contributed by atoms with van der Waals surface area (Å²) in [6, 6.07) is 15.8. The molecular formula is C18H16BrN3O2. The number of hydrogen-bond acceptors (Lipinski definition) is 5. The highest BCUT2D eigenvalue weighted by atomic mass is 79.9. The van der Waals surface area contributed by atoms with E-state index in [1.165, 1.54) is 5.56 Å². The summed E-state index contributed by atoms with van der Waals surface area (Å²) in [7, 11) is 0. The molecule has 0 unspecified atom stereocenters. The lowest BCUT2D eigenvalue weighted by molar-refractivity contribution is 0.107. The van der Waals surface area contributed by atoms with Crippen molar-refractivity contribution in [1.82, 2.24) is 10.1 Å². The van der Waals surface area contributed by atoms with Gasteiger partial charge in [-0.3, -0.25) is 0 Å². The lowest BCUT2D eigenvalue weighted by Crippen LogP contribution is -1.89. The number of halogens is 1. The lowest BCUT2D eigenvalue weighted by atomic mass is 10.1. The summed E-state index contributed by atoms with van der Waals surface area (Å²) in [4.78, 5) is 9.51. The van der Waals surface area contributed by atoms with Crippen molar-refractivity contribution < 1.29 is 9.36 Å². The van der Waals surface area contributed by atoms with Gasteiger partial charge in [0.25, 0.3) is 5.89 Å². The highest BCUT2D eigenvalue weighted by molar-refractivity contribution is 9.10. The number of aromatic nitrogens is 2.